The summed E-state index contributed by atoms with van der Waals surface area (Å²) in [4.78, 5) is 11.0. The van der Waals surface area contributed by atoms with Crippen LogP contribution in [0.25, 0.3) is 5.69 Å². The number of para-hydroxylation sites is 1. The number of rotatable bonds is 5. The second-order valence-corrected chi connectivity index (χ2v) is 6.00. The van der Waals surface area contributed by atoms with Crippen molar-refractivity contribution in [3.05, 3.63) is 34.6 Å². The number of thioether (sulfide) groups is 1. The van der Waals surface area contributed by atoms with Gasteiger partial charge in [-0.1, -0.05) is 12.1 Å². The van der Waals surface area contributed by atoms with Gasteiger partial charge in [0.05, 0.1) is 16.7 Å². The molecule has 0 spiro atoms. The lowest BCUT2D eigenvalue weighted by Gasteiger charge is -2.08. The van der Waals surface area contributed by atoms with Crippen molar-refractivity contribution in [2.24, 2.45) is 5.73 Å². The maximum atomic E-state index is 11.0. The number of halogens is 1. The molecule has 0 aliphatic heterocycles. The predicted molar refractivity (Wildman–Crippen MR) is 76.8 cm³/mol. The first-order valence-electron chi connectivity index (χ1n) is 5.52. The fourth-order valence-corrected chi connectivity index (χ4v) is 2.58. The summed E-state index contributed by atoms with van der Waals surface area (Å²) in [6.07, 6.45) is 0. The third-order valence-electron chi connectivity index (χ3n) is 2.48. The molecular formula is C11H12BrN5OS. The fraction of sp³-hybridized carbons (Fsp3) is 0.273. The summed E-state index contributed by atoms with van der Waals surface area (Å²) in [5, 5.41) is 11.3. The van der Waals surface area contributed by atoms with Crippen LogP contribution < -0.4 is 5.73 Å². The molecule has 0 saturated carbocycles. The monoisotopic (exact) mass is 341 g/mol. The van der Waals surface area contributed by atoms with Crippen LogP contribution in [0.3, 0.4) is 0 Å². The number of primary amides is 1. The Morgan fingerprint density at radius 3 is 2.95 bits per heavy atom. The Labute approximate surface area is 122 Å². The highest BCUT2D eigenvalue weighted by atomic mass is 79.9. The van der Waals surface area contributed by atoms with Gasteiger partial charge < -0.3 is 5.73 Å². The minimum absolute atomic E-state index is 0.274. The zero-order chi connectivity index (χ0) is 13.8. The van der Waals surface area contributed by atoms with Crippen molar-refractivity contribution >= 4 is 33.6 Å². The van der Waals surface area contributed by atoms with Crippen LogP contribution in [-0.4, -0.2) is 31.4 Å². The number of nitrogens with zero attached hydrogens (tertiary/aromatic N) is 4. The minimum Gasteiger partial charge on any atom is -0.369 e. The second kappa shape index (κ2) is 6.16. The number of hydrogen-bond donors (Lipinski definition) is 1. The molecular weight excluding hydrogens is 330 g/mol. The van der Waals surface area contributed by atoms with E-state index in [1.165, 1.54) is 11.8 Å². The van der Waals surface area contributed by atoms with Gasteiger partial charge in [0.15, 0.2) is 5.82 Å². The molecule has 0 fully saturated rings. The van der Waals surface area contributed by atoms with E-state index in [-0.39, 0.29) is 11.2 Å². The summed E-state index contributed by atoms with van der Waals surface area (Å²) >= 11 is 4.86. The number of tetrazole rings is 1. The molecule has 0 radical (unpaired) electrons. The van der Waals surface area contributed by atoms with Gasteiger partial charge in [0.2, 0.25) is 5.91 Å². The van der Waals surface area contributed by atoms with Crippen LogP contribution >= 0.6 is 27.7 Å². The lowest BCUT2D eigenvalue weighted by molar-refractivity contribution is -0.117. The normalized spacial score (nSPS) is 12.3. The van der Waals surface area contributed by atoms with Gasteiger partial charge in [0, 0.05) is 4.47 Å². The Morgan fingerprint density at radius 1 is 1.53 bits per heavy atom. The van der Waals surface area contributed by atoms with Gasteiger partial charge in [0.1, 0.15) is 0 Å². The molecule has 100 valence electrons. The van der Waals surface area contributed by atoms with Gasteiger partial charge in [-0.3, -0.25) is 4.79 Å². The standard InChI is InChI=1S/C11H12BrN5OS/c1-7(11(13)18)19-6-10-14-15-16-17(10)9-5-3-2-4-8(9)12/h2-5,7H,6H2,1H3,(H2,13,18). The molecule has 0 bridgehead atoms. The largest absolute Gasteiger partial charge is 0.369 e. The number of hydrogen-bond acceptors (Lipinski definition) is 5. The summed E-state index contributed by atoms with van der Waals surface area (Å²) in [6.45, 7) is 1.76. The zero-order valence-corrected chi connectivity index (χ0v) is 12.6. The second-order valence-electron chi connectivity index (χ2n) is 3.81. The van der Waals surface area contributed by atoms with E-state index in [0.29, 0.717) is 11.6 Å². The number of carbonyl (C=O) groups is 1. The topological polar surface area (TPSA) is 86.7 Å². The van der Waals surface area contributed by atoms with Crippen LogP contribution in [0.1, 0.15) is 12.7 Å². The molecule has 0 aliphatic rings. The Balaban J connectivity index is 2.19. The molecule has 6 nitrogen and oxygen atoms in total. The smallest absolute Gasteiger partial charge is 0.230 e. The molecule has 0 aliphatic carbocycles. The number of carbonyl (C=O) groups excluding carboxylic acids is 1. The highest BCUT2D eigenvalue weighted by Gasteiger charge is 2.14. The van der Waals surface area contributed by atoms with Crippen molar-refractivity contribution in [2.75, 3.05) is 0 Å². The fourth-order valence-electron chi connectivity index (χ4n) is 1.39. The van der Waals surface area contributed by atoms with Crippen LogP contribution in [0, 0.1) is 0 Å². The molecule has 8 heteroatoms. The van der Waals surface area contributed by atoms with E-state index in [1.54, 1.807) is 11.6 Å². The maximum absolute atomic E-state index is 11.0. The SMILES string of the molecule is CC(SCc1nnnn1-c1ccccc1Br)C(N)=O. The molecule has 1 amide bonds. The Hall–Kier alpha value is -1.41. The van der Waals surface area contributed by atoms with Crippen molar-refractivity contribution in [1.29, 1.82) is 0 Å². The van der Waals surface area contributed by atoms with E-state index >= 15 is 0 Å². The molecule has 2 rings (SSSR count). The molecule has 1 aromatic heterocycles. The molecule has 1 unspecified atom stereocenters. The van der Waals surface area contributed by atoms with Crippen molar-refractivity contribution < 1.29 is 4.79 Å². The van der Waals surface area contributed by atoms with Crippen LogP contribution in [0.2, 0.25) is 0 Å². The molecule has 2 N–H and O–H groups in total. The molecule has 2 aromatic rings. The van der Waals surface area contributed by atoms with Gasteiger partial charge in [-0.25, -0.2) is 0 Å². The van der Waals surface area contributed by atoms with E-state index < -0.39 is 0 Å². The third kappa shape index (κ3) is 3.32. The highest BCUT2D eigenvalue weighted by Crippen LogP contribution is 2.22. The van der Waals surface area contributed by atoms with E-state index in [4.69, 9.17) is 5.73 Å². The number of amides is 1. The summed E-state index contributed by atoms with van der Waals surface area (Å²) < 4.78 is 2.54. The highest BCUT2D eigenvalue weighted by molar-refractivity contribution is 9.10. The average Bonchev–Trinajstić information content (AvgIpc) is 2.84. The quantitative estimate of drug-likeness (QED) is 0.891. The maximum Gasteiger partial charge on any atom is 0.230 e. The van der Waals surface area contributed by atoms with Gasteiger partial charge in [0.25, 0.3) is 0 Å². The Morgan fingerprint density at radius 2 is 2.26 bits per heavy atom. The minimum atomic E-state index is -0.343. The average molecular weight is 342 g/mol. The first-order chi connectivity index (χ1) is 9.09. The molecule has 1 heterocycles. The summed E-state index contributed by atoms with van der Waals surface area (Å²) in [5.74, 6) is 0.841. The third-order valence-corrected chi connectivity index (χ3v) is 4.31. The van der Waals surface area contributed by atoms with Gasteiger partial charge in [-0.2, -0.15) is 4.68 Å². The lowest BCUT2D eigenvalue weighted by Crippen LogP contribution is -2.23. The summed E-state index contributed by atoms with van der Waals surface area (Å²) in [7, 11) is 0. The number of aromatic nitrogens is 4. The van der Waals surface area contributed by atoms with Crippen molar-refractivity contribution in [3.8, 4) is 5.69 Å². The first kappa shape index (κ1) is 14.0. The summed E-state index contributed by atoms with van der Waals surface area (Å²) in [5.41, 5.74) is 6.08. The molecule has 1 aromatic carbocycles. The predicted octanol–water partition coefficient (Wildman–Crippen LogP) is 1.53. The van der Waals surface area contributed by atoms with Crippen molar-refractivity contribution in [3.63, 3.8) is 0 Å². The van der Waals surface area contributed by atoms with Crippen LogP contribution in [0.15, 0.2) is 28.7 Å². The Kier molecular flexibility index (Phi) is 4.54. The number of nitrogens with two attached hydrogens (primary N) is 1. The van der Waals surface area contributed by atoms with E-state index in [0.717, 1.165) is 10.2 Å². The Bertz CT molecular complexity index is 588. The number of benzene rings is 1. The van der Waals surface area contributed by atoms with Gasteiger partial charge >= 0.3 is 0 Å². The molecule has 19 heavy (non-hydrogen) atoms. The van der Waals surface area contributed by atoms with Crippen molar-refractivity contribution in [2.45, 2.75) is 17.9 Å². The van der Waals surface area contributed by atoms with E-state index in [1.807, 2.05) is 24.3 Å². The lowest BCUT2D eigenvalue weighted by atomic mass is 10.3. The van der Waals surface area contributed by atoms with Crippen molar-refractivity contribution in [1.82, 2.24) is 20.2 Å². The summed E-state index contributed by atoms with van der Waals surface area (Å²) in [6, 6.07) is 7.65. The zero-order valence-electron chi connectivity index (χ0n) is 10.2. The molecule has 0 saturated heterocycles. The van der Waals surface area contributed by atoms with Gasteiger partial charge in [-0.05, 0) is 45.4 Å². The van der Waals surface area contributed by atoms with E-state index in [2.05, 4.69) is 31.5 Å². The van der Waals surface area contributed by atoms with Crippen LogP contribution in [0.5, 0.6) is 0 Å². The van der Waals surface area contributed by atoms with Crippen LogP contribution in [-0.2, 0) is 10.5 Å². The van der Waals surface area contributed by atoms with E-state index in [9.17, 15) is 4.79 Å². The van der Waals surface area contributed by atoms with Crippen LogP contribution in [0.4, 0.5) is 0 Å². The van der Waals surface area contributed by atoms with Gasteiger partial charge in [-0.15, -0.1) is 16.9 Å². The molecule has 1 atom stereocenters. The first-order valence-corrected chi connectivity index (χ1v) is 7.37.